The zero-order valence-electron chi connectivity index (χ0n) is 24.6. The van der Waals surface area contributed by atoms with Gasteiger partial charge in [-0.2, -0.15) is 14.0 Å². The number of halogens is 1. The minimum absolute atomic E-state index is 0.544. The van der Waals surface area contributed by atoms with Crippen LogP contribution in [-0.2, 0) is 0 Å². The summed E-state index contributed by atoms with van der Waals surface area (Å²) in [5.41, 5.74) is 0. The Bertz CT molecular complexity index is 1100. The van der Waals surface area contributed by atoms with Gasteiger partial charge < -0.3 is 42.6 Å². The van der Waals surface area contributed by atoms with Gasteiger partial charge >= 0.3 is 0 Å². The second-order valence-corrected chi connectivity index (χ2v) is 10.7. The molecule has 3 rings (SSSR count). The molecule has 0 atom stereocenters. The van der Waals surface area contributed by atoms with Crippen LogP contribution in [0.1, 0.15) is 0 Å². The van der Waals surface area contributed by atoms with Crippen LogP contribution >= 0.6 is 7.92 Å². The van der Waals surface area contributed by atoms with E-state index < -0.39 is 18.2 Å². The summed E-state index contributed by atoms with van der Waals surface area (Å²) in [5.74, 6) is 5.00. The van der Waals surface area contributed by atoms with E-state index in [2.05, 4.69) is 0 Å². The van der Waals surface area contributed by atoms with Crippen LogP contribution in [0.2, 0.25) is 0 Å². The molecule has 13 nitrogen and oxygen atoms in total. The molecule has 0 unspecified atom stereocenters. The van der Waals surface area contributed by atoms with E-state index in [1.54, 1.807) is 100 Å². The number of methoxy groups -OCH3 is 9. The summed E-state index contributed by atoms with van der Waals surface area (Å²) >= 11 is 0. The fourth-order valence-corrected chi connectivity index (χ4v) is 6.89. The first-order valence-electron chi connectivity index (χ1n) is 11.8. The lowest BCUT2D eigenvalue weighted by Crippen LogP contribution is -2.58. The van der Waals surface area contributed by atoms with Crippen LogP contribution in [0.5, 0.6) is 51.7 Å². The van der Waals surface area contributed by atoms with Crippen molar-refractivity contribution < 1.29 is 71.5 Å². The monoisotopic (exact) mass is 632 g/mol. The van der Waals surface area contributed by atoms with Crippen LogP contribution in [0.15, 0.2) is 36.4 Å². The first-order chi connectivity index (χ1) is 19.9. The van der Waals surface area contributed by atoms with Crippen molar-refractivity contribution in [3.05, 3.63) is 36.4 Å². The summed E-state index contributed by atoms with van der Waals surface area (Å²) in [6.45, 7) is 0. The average molecular weight is 633 g/mol. The zero-order chi connectivity index (χ0) is 31.6. The predicted octanol–water partition coefficient (Wildman–Crippen LogP) is -0.602. The van der Waals surface area contributed by atoms with Gasteiger partial charge in [-0.1, -0.05) is 0 Å². The molecule has 0 radical (unpaired) electrons. The van der Waals surface area contributed by atoms with Crippen LogP contribution < -0.4 is 72.5 Å². The molecule has 0 amide bonds. The SMILES string of the molecule is COc1cc(OC)c(P(c2c(OC)cc(OC)cc2OC)c2c(OC)cc(OC)cc2OC)c(OC)c1.[O-][Cl+3]([O-])([O-])O. The molecule has 0 spiro atoms. The van der Waals surface area contributed by atoms with Crippen molar-refractivity contribution in [3.8, 4) is 51.7 Å². The number of hydrogen-bond acceptors (Lipinski definition) is 13. The summed E-state index contributed by atoms with van der Waals surface area (Å²) in [6.07, 6.45) is 0. The standard InChI is InChI=1S/C27H33O9P.ClHO4/c1-28-16-10-19(31-4)25(20(11-16)32-5)37(26-21(33-6)12-17(29-2)13-22(26)34-7)27-23(35-8)14-18(30-3)15-24(27)36-9;2-1(3,4)5/h10-15H,1-9H3;(H,2,3,4,5). The molecule has 0 aliphatic heterocycles. The Hall–Kier alpha value is -3.58. The molecular weight excluding hydrogens is 599 g/mol. The minimum atomic E-state index is -4.69. The highest BCUT2D eigenvalue weighted by molar-refractivity contribution is 7.81. The third kappa shape index (κ3) is 8.25. The Balaban J connectivity index is 0.00000113. The van der Waals surface area contributed by atoms with Gasteiger partial charge in [-0.25, -0.2) is 0 Å². The topological polar surface area (TPSA) is 172 Å². The van der Waals surface area contributed by atoms with Gasteiger partial charge in [-0.15, -0.1) is 0 Å². The first kappa shape index (κ1) is 34.6. The molecule has 0 heterocycles. The molecule has 0 bridgehead atoms. The van der Waals surface area contributed by atoms with Crippen molar-refractivity contribution in [2.24, 2.45) is 0 Å². The molecule has 0 saturated heterocycles. The smallest absolute Gasteiger partial charge is 0.134 e. The van der Waals surface area contributed by atoms with Crippen molar-refractivity contribution in [1.82, 2.24) is 0 Å². The molecule has 1 N–H and O–H groups in total. The van der Waals surface area contributed by atoms with Gasteiger partial charge in [-0.3, -0.25) is 0 Å². The lowest BCUT2D eigenvalue weighted by Gasteiger charge is -2.29. The van der Waals surface area contributed by atoms with E-state index in [9.17, 15) is 0 Å². The Morgan fingerprint density at radius 3 is 0.714 bits per heavy atom. The Morgan fingerprint density at radius 1 is 0.429 bits per heavy atom. The van der Waals surface area contributed by atoms with Gasteiger partial charge in [0, 0.05) is 44.3 Å². The third-order valence-corrected chi connectivity index (χ3v) is 8.40. The maximum atomic E-state index is 8.60. The predicted molar refractivity (Wildman–Crippen MR) is 146 cm³/mol. The van der Waals surface area contributed by atoms with E-state index >= 15 is 0 Å². The fraction of sp³-hybridized carbons (Fsp3) is 0.333. The van der Waals surface area contributed by atoms with Crippen molar-refractivity contribution in [1.29, 1.82) is 0 Å². The van der Waals surface area contributed by atoms with Crippen molar-refractivity contribution in [2.45, 2.75) is 0 Å². The van der Waals surface area contributed by atoms with Gasteiger partial charge in [-0.05, 0) is 0 Å². The summed E-state index contributed by atoms with van der Waals surface area (Å²) in [5, 5.41) is 2.22. The van der Waals surface area contributed by atoms with Crippen LogP contribution in [-0.4, -0.2) is 68.6 Å². The molecule has 0 fully saturated rings. The third-order valence-electron chi connectivity index (χ3n) is 5.74. The quantitative estimate of drug-likeness (QED) is 0.251. The molecule has 0 saturated carbocycles. The molecule has 15 heteroatoms. The number of hydrogen-bond donors (Lipinski definition) is 1. The normalized spacial score (nSPS) is 10.7. The van der Waals surface area contributed by atoms with Gasteiger partial charge in [0.05, 0.1) is 94.8 Å². The van der Waals surface area contributed by atoms with Crippen LogP contribution in [0.3, 0.4) is 0 Å². The summed E-state index contributed by atoms with van der Waals surface area (Å²) in [6, 6.07) is 10.8. The van der Waals surface area contributed by atoms with Crippen molar-refractivity contribution in [2.75, 3.05) is 64.0 Å². The molecule has 232 valence electrons. The second kappa shape index (κ2) is 15.6. The van der Waals surface area contributed by atoms with Crippen molar-refractivity contribution >= 4 is 23.8 Å². The first-order valence-corrected chi connectivity index (χ1v) is 14.4. The fourth-order valence-electron chi connectivity index (χ4n) is 3.96. The molecule has 3 aromatic rings. The van der Waals surface area contributed by atoms with Gasteiger partial charge in [0.15, 0.2) is 0 Å². The average Bonchev–Trinajstić information content (AvgIpc) is 2.99. The number of ether oxygens (including phenoxy) is 9. The van der Waals surface area contributed by atoms with Gasteiger partial charge in [0.2, 0.25) is 0 Å². The van der Waals surface area contributed by atoms with Gasteiger partial charge in [0.25, 0.3) is 0 Å². The highest BCUT2D eigenvalue weighted by Crippen LogP contribution is 2.51. The molecule has 0 aromatic heterocycles. The van der Waals surface area contributed by atoms with E-state index in [1.807, 2.05) is 0 Å². The summed E-state index contributed by atoms with van der Waals surface area (Å²) < 4.78 is 84.5. The van der Waals surface area contributed by atoms with Gasteiger partial charge in [0.1, 0.15) is 51.7 Å². The Kier molecular flexibility index (Phi) is 12.9. The Labute approximate surface area is 247 Å². The largest absolute Gasteiger partial charge is 0.496 e. The highest BCUT2D eigenvalue weighted by Gasteiger charge is 2.36. The van der Waals surface area contributed by atoms with E-state index in [4.69, 9.17) is 61.3 Å². The number of rotatable bonds is 12. The molecule has 0 aliphatic carbocycles. The molecule has 0 aliphatic rings. The van der Waals surface area contributed by atoms with E-state index in [0.29, 0.717) is 51.7 Å². The lowest BCUT2D eigenvalue weighted by molar-refractivity contribution is -1.92. The lowest BCUT2D eigenvalue weighted by atomic mass is 10.3. The van der Waals surface area contributed by atoms with Crippen LogP contribution in [0, 0.1) is 10.2 Å². The zero-order valence-corrected chi connectivity index (χ0v) is 26.3. The maximum absolute atomic E-state index is 8.60. The second-order valence-electron chi connectivity index (χ2n) is 7.87. The number of benzene rings is 3. The molecule has 3 aromatic carbocycles. The van der Waals surface area contributed by atoms with E-state index in [-0.39, 0.29) is 0 Å². The molecular formula is C27H34ClO13P. The summed E-state index contributed by atoms with van der Waals surface area (Å²) in [7, 11) is 8.05. The minimum Gasteiger partial charge on any atom is -0.496 e. The Morgan fingerprint density at radius 2 is 0.595 bits per heavy atom. The molecule has 42 heavy (non-hydrogen) atoms. The highest BCUT2D eigenvalue weighted by atomic mass is 35.7. The van der Waals surface area contributed by atoms with Crippen LogP contribution in [0.4, 0.5) is 0 Å². The van der Waals surface area contributed by atoms with Crippen molar-refractivity contribution in [3.63, 3.8) is 0 Å². The summed E-state index contributed by atoms with van der Waals surface area (Å²) in [4.78, 5) is 0. The van der Waals surface area contributed by atoms with Crippen LogP contribution in [0.25, 0.3) is 0 Å². The van der Waals surface area contributed by atoms with E-state index in [1.165, 1.54) is 0 Å². The van der Waals surface area contributed by atoms with E-state index in [0.717, 1.165) is 15.9 Å². The maximum Gasteiger partial charge on any atom is 0.134 e.